The molecular weight excluding hydrogens is 260 g/mol. The third-order valence-corrected chi connectivity index (χ3v) is 2.95. The molecule has 20 heavy (non-hydrogen) atoms. The Labute approximate surface area is 115 Å². The van der Waals surface area contributed by atoms with E-state index in [1.165, 1.54) is 19.1 Å². The topological polar surface area (TPSA) is 83.8 Å². The highest BCUT2D eigenvalue weighted by molar-refractivity contribution is 6.08. The number of benzene rings is 2. The van der Waals surface area contributed by atoms with Crippen LogP contribution < -0.4 is 4.74 Å². The lowest BCUT2D eigenvalue weighted by Crippen LogP contribution is -2.03. The van der Waals surface area contributed by atoms with Gasteiger partial charge in [0.05, 0.1) is 10.9 Å². The first-order valence-electron chi connectivity index (χ1n) is 6.15. The molecule has 0 aliphatic rings. The summed E-state index contributed by atoms with van der Waals surface area (Å²) in [5.41, 5.74) is 0.0532. The Morgan fingerprint density at radius 3 is 2.55 bits per heavy atom. The molecule has 0 saturated carbocycles. The molecule has 104 valence electrons. The molecule has 0 fully saturated rings. The molecule has 2 aromatic rings. The Morgan fingerprint density at radius 1 is 1.25 bits per heavy atom. The second kappa shape index (κ2) is 5.21. The van der Waals surface area contributed by atoms with Gasteiger partial charge in [0.25, 0.3) is 0 Å². The van der Waals surface area contributed by atoms with Gasteiger partial charge in [-0.1, -0.05) is 19.1 Å². The maximum absolute atomic E-state index is 11.7. The van der Waals surface area contributed by atoms with Gasteiger partial charge in [-0.3, -0.25) is 9.59 Å². The summed E-state index contributed by atoms with van der Waals surface area (Å²) in [5.74, 6) is -1.12. The first-order chi connectivity index (χ1) is 9.45. The molecule has 5 heteroatoms. The monoisotopic (exact) mass is 274 g/mol. The molecule has 0 atom stereocenters. The summed E-state index contributed by atoms with van der Waals surface area (Å²) < 4.78 is 5.00. The van der Waals surface area contributed by atoms with Gasteiger partial charge in [-0.25, -0.2) is 0 Å². The molecule has 0 aliphatic heterocycles. The van der Waals surface area contributed by atoms with E-state index >= 15 is 0 Å². The molecule has 2 aromatic carbocycles. The van der Waals surface area contributed by atoms with Crippen LogP contribution in [0.4, 0.5) is 0 Å². The summed E-state index contributed by atoms with van der Waals surface area (Å²) in [6.45, 7) is 2.91. The Balaban J connectivity index is 2.77. The minimum absolute atomic E-state index is 0.0532. The number of fused-ring (bicyclic) bond motifs is 1. The number of carbonyl (C=O) groups is 2. The van der Waals surface area contributed by atoms with Crippen molar-refractivity contribution in [3.8, 4) is 17.2 Å². The van der Waals surface area contributed by atoms with Crippen LogP contribution in [0.2, 0.25) is 0 Å². The maximum atomic E-state index is 11.7. The van der Waals surface area contributed by atoms with Gasteiger partial charge in [0.15, 0.2) is 5.78 Å². The molecule has 0 radical (unpaired) electrons. The Bertz CT molecular complexity index is 703. The van der Waals surface area contributed by atoms with E-state index in [1.54, 1.807) is 19.1 Å². The molecule has 0 amide bonds. The van der Waals surface area contributed by atoms with E-state index in [4.69, 9.17) is 4.74 Å². The quantitative estimate of drug-likeness (QED) is 0.389. The molecule has 0 bridgehead atoms. The van der Waals surface area contributed by atoms with Crippen molar-refractivity contribution in [2.24, 2.45) is 0 Å². The molecular formula is C15H14O5. The second-order valence-electron chi connectivity index (χ2n) is 4.34. The molecule has 2 rings (SSSR count). The average molecular weight is 274 g/mol. The summed E-state index contributed by atoms with van der Waals surface area (Å²) in [7, 11) is 0. The highest BCUT2D eigenvalue weighted by Crippen LogP contribution is 2.40. The summed E-state index contributed by atoms with van der Waals surface area (Å²) in [5, 5.41) is 20.7. The number of aromatic hydroxyl groups is 2. The zero-order valence-electron chi connectivity index (χ0n) is 11.1. The molecule has 5 nitrogen and oxygen atoms in total. The fourth-order valence-electron chi connectivity index (χ4n) is 2.06. The molecule has 0 aliphatic carbocycles. The van der Waals surface area contributed by atoms with Gasteiger partial charge in [0.2, 0.25) is 0 Å². The highest BCUT2D eigenvalue weighted by Gasteiger charge is 2.18. The SMILES string of the molecule is CCC(=O)c1cc(O)c2c(OC(C)=O)cccc2c1O. The lowest BCUT2D eigenvalue weighted by atomic mass is 10.00. The van der Waals surface area contributed by atoms with Crippen LogP contribution in [0, 0.1) is 0 Å². The molecule has 0 spiro atoms. The van der Waals surface area contributed by atoms with E-state index in [0.29, 0.717) is 0 Å². The predicted octanol–water partition coefficient (Wildman–Crippen LogP) is 2.77. The summed E-state index contributed by atoms with van der Waals surface area (Å²) in [6, 6.07) is 5.81. The third kappa shape index (κ3) is 2.30. The zero-order valence-corrected chi connectivity index (χ0v) is 11.1. The lowest BCUT2D eigenvalue weighted by molar-refractivity contribution is -0.131. The van der Waals surface area contributed by atoms with E-state index in [2.05, 4.69) is 0 Å². The van der Waals surface area contributed by atoms with Crippen LogP contribution in [-0.4, -0.2) is 22.0 Å². The number of Topliss-reactive ketones (excluding diaryl/α,β-unsaturated/α-hetero) is 1. The molecule has 2 N–H and O–H groups in total. The van der Waals surface area contributed by atoms with E-state index in [-0.39, 0.29) is 45.8 Å². The third-order valence-electron chi connectivity index (χ3n) is 2.95. The van der Waals surface area contributed by atoms with Crippen LogP contribution in [0.1, 0.15) is 30.6 Å². The smallest absolute Gasteiger partial charge is 0.308 e. The van der Waals surface area contributed by atoms with E-state index < -0.39 is 5.97 Å². The van der Waals surface area contributed by atoms with Gasteiger partial charge in [0.1, 0.15) is 17.2 Å². The standard InChI is InChI=1S/C15H14O5/c1-3-11(17)10-7-12(18)14-9(15(10)19)5-4-6-13(14)20-8(2)16/h4-7,18-19H,3H2,1-2H3. The number of ether oxygens (including phenoxy) is 1. The van der Waals surface area contributed by atoms with Crippen LogP contribution in [0.15, 0.2) is 24.3 Å². The summed E-state index contributed by atoms with van der Waals surface area (Å²) in [4.78, 5) is 22.8. The maximum Gasteiger partial charge on any atom is 0.308 e. The second-order valence-corrected chi connectivity index (χ2v) is 4.34. The van der Waals surface area contributed by atoms with Crippen molar-refractivity contribution in [2.45, 2.75) is 20.3 Å². The summed E-state index contributed by atoms with van der Waals surface area (Å²) >= 11 is 0. The first-order valence-corrected chi connectivity index (χ1v) is 6.15. The van der Waals surface area contributed by atoms with Gasteiger partial charge in [-0.15, -0.1) is 0 Å². The van der Waals surface area contributed by atoms with Gasteiger partial charge < -0.3 is 14.9 Å². The minimum atomic E-state index is -0.537. The van der Waals surface area contributed by atoms with E-state index in [1.807, 2.05) is 0 Å². The van der Waals surface area contributed by atoms with Crippen LogP contribution >= 0.6 is 0 Å². The number of hydrogen-bond donors (Lipinski definition) is 2. The van der Waals surface area contributed by atoms with Gasteiger partial charge in [-0.05, 0) is 12.1 Å². The minimum Gasteiger partial charge on any atom is -0.507 e. The zero-order chi connectivity index (χ0) is 14.9. The van der Waals surface area contributed by atoms with Crippen molar-refractivity contribution in [1.29, 1.82) is 0 Å². The highest BCUT2D eigenvalue weighted by atomic mass is 16.5. The normalized spacial score (nSPS) is 10.5. The van der Waals surface area contributed by atoms with Gasteiger partial charge in [-0.2, -0.15) is 0 Å². The van der Waals surface area contributed by atoms with Crippen LogP contribution in [0.3, 0.4) is 0 Å². The van der Waals surface area contributed by atoms with Crippen LogP contribution in [-0.2, 0) is 4.79 Å². The van der Waals surface area contributed by atoms with Crippen molar-refractivity contribution < 1.29 is 24.5 Å². The predicted molar refractivity (Wildman–Crippen MR) is 73.2 cm³/mol. The molecule has 0 unspecified atom stereocenters. The Hall–Kier alpha value is -2.56. The Kier molecular flexibility index (Phi) is 3.61. The number of rotatable bonds is 3. The van der Waals surface area contributed by atoms with Crippen molar-refractivity contribution >= 4 is 22.5 Å². The number of esters is 1. The average Bonchev–Trinajstić information content (AvgIpc) is 2.41. The number of ketones is 1. The largest absolute Gasteiger partial charge is 0.507 e. The summed E-state index contributed by atoms with van der Waals surface area (Å²) in [6.07, 6.45) is 0.210. The number of phenols is 2. The first kappa shape index (κ1) is 13.9. The molecule has 0 saturated heterocycles. The van der Waals surface area contributed by atoms with Crippen LogP contribution in [0.25, 0.3) is 10.8 Å². The van der Waals surface area contributed by atoms with Crippen molar-refractivity contribution in [3.05, 3.63) is 29.8 Å². The number of hydrogen-bond acceptors (Lipinski definition) is 5. The van der Waals surface area contributed by atoms with Crippen molar-refractivity contribution in [1.82, 2.24) is 0 Å². The number of carbonyl (C=O) groups excluding carboxylic acids is 2. The Morgan fingerprint density at radius 2 is 1.95 bits per heavy atom. The van der Waals surface area contributed by atoms with Crippen LogP contribution in [0.5, 0.6) is 17.2 Å². The van der Waals surface area contributed by atoms with Crippen molar-refractivity contribution in [2.75, 3.05) is 0 Å². The molecule has 0 heterocycles. The van der Waals surface area contributed by atoms with E-state index in [9.17, 15) is 19.8 Å². The lowest BCUT2D eigenvalue weighted by Gasteiger charge is -2.11. The van der Waals surface area contributed by atoms with Gasteiger partial charge in [0, 0.05) is 18.7 Å². The fourth-order valence-corrected chi connectivity index (χ4v) is 2.06. The molecule has 0 aromatic heterocycles. The van der Waals surface area contributed by atoms with E-state index in [0.717, 1.165) is 0 Å². The van der Waals surface area contributed by atoms with Gasteiger partial charge >= 0.3 is 5.97 Å². The van der Waals surface area contributed by atoms with Crippen molar-refractivity contribution in [3.63, 3.8) is 0 Å². The fraction of sp³-hybridized carbons (Fsp3) is 0.200. The number of phenolic OH excluding ortho intramolecular Hbond substituents is 2.